The van der Waals surface area contributed by atoms with Crippen molar-refractivity contribution in [3.8, 4) is 0 Å². The molecule has 0 bridgehead atoms. The van der Waals surface area contributed by atoms with Crippen LogP contribution in [0.2, 0.25) is 0 Å². The highest BCUT2D eigenvalue weighted by Gasteiger charge is 2.37. The molecule has 2 heteroatoms. The molecule has 1 unspecified atom stereocenters. The molecule has 1 rings (SSSR count). The standard InChI is InChI=1S/C46H84O2/c1-5-7-9-11-13-15-17-19-21-23-25-27-29-31-33-35-41-46(47-43-40-45(48-46)39-37-38-44(3)4)42-36-34-32-30-28-26-24-22-20-18-16-14-12-10-8-6-2/h13-16,19-22,44-45H,5-12,17-18,23-43H2,1-4H3/b15-13-,16-14-,21-19-,22-20-. The van der Waals surface area contributed by atoms with Gasteiger partial charge in [0.15, 0.2) is 5.79 Å². The molecule has 0 aromatic rings. The Labute approximate surface area is 302 Å². The van der Waals surface area contributed by atoms with E-state index in [0.29, 0.717) is 6.10 Å². The van der Waals surface area contributed by atoms with Gasteiger partial charge in [-0.05, 0) is 95.8 Å². The number of allylic oxidation sites excluding steroid dienone is 8. The molecule has 0 aromatic heterocycles. The average Bonchev–Trinajstić information content (AvgIpc) is 3.08. The van der Waals surface area contributed by atoms with Crippen molar-refractivity contribution in [2.24, 2.45) is 5.92 Å². The van der Waals surface area contributed by atoms with Crippen LogP contribution in [0.4, 0.5) is 0 Å². The Morgan fingerprint density at radius 2 is 0.938 bits per heavy atom. The third kappa shape index (κ3) is 28.7. The highest BCUT2D eigenvalue weighted by atomic mass is 16.7. The predicted octanol–water partition coefficient (Wildman–Crippen LogP) is 15.7. The van der Waals surface area contributed by atoms with E-state index in [9.17, 15) is 0 Å². The van der Waals surface area contributed by atoms with Gasteiger partial charge in [0.2, 0.25) is 0 Å². The molecule has 1 saturated heterocycles. The molecular formula is C46H84O2. The molecule has 0 radical (unpaired) electrons. The van der Waals surface area contributed by atoms with Crippen LogP contribution in [0, 0.1) is 5.92 Å². The molecule has 2 nitrogen and oxygen atoms in total. The van der Waals surface area contributed by atoms with Crippen molar-refractivity contribution in [3.05, 3.63) is 48.6 Å². The Hall–Kier alpha value is -1.12. The number of unbranched alkanes of at least 4 members (excludes halogenated alkanes) is 18. The van der Waals surface area contributed by atoms with Crippen LogP contribution in [0.5, 0.6) is 0 Å². The van der Waals surface area contributed by atoms with Crippen LogP contribution in [0.15, 0.2) is 48.6 Å². The topological polar surface area (TPSA) is 18.5 Å². The fourth-order valence-electron chi connectivity index (χ4n) is 6.88. The van der Waals surface area contributed by atoms with Crippen LogP contribution < -0.4 is 0 Å². The van der Waals surface area contributed by atoms with Crippen LogP contribution in [0.1, 0.15) is 220 Å². The van der Waals surface area contributed by atoms with E-state index in [2.05, 4.69) is 76.3 Å². The molecule has 48 heavy (non-hydrogen) atoms. The molecule has 280 valence electrons. The Morgan fingerprint density at radius 1 is 0.521 bits per heavy atom. The molecule has 1 aliphatic heterocycles. The molecular weight excluding hydrogens is 585 g/mol. The van der Waals surface area contributed by atoms with Gasteiger partial charge in [-0.3, -0.25) is 0 Å². The number of ether oxygens (including phenoxy) is 2. The second-order valence-corrected chi connectivity index (χ2v) is 15.3. The summed E-state index contributed by atoms with van der Waals surface area (Å²) in [7, 11) is 0. The fourth-order valence-corrected chi connectivity index (χ4v) is 6.88. The van der Waals surface area contributed by atoms with E-state index in [4.69, 9.17) is 9.47 Å². The monoisotopic (exact) mass is 669 g/mol. The van der Waals surface area contributed by atoms with Crippen molar-refractivity contribution >= 4 is 0 Å². The van der Waals surface area contributed by atoms with E-state index < -0.39 is 0 Å². The van der Waals surface area contributed by atoms with E-state index in [1.54, 1.807) is 0 Å². The van der Waals surface area contributed by atoms with E-state index >= 15 is 0 Å². The van der Waals surface area contributed by atoms with Gasteiger partial charge in [0, 0.05) is 12.8 Å². The van der Waals surface area contributed by atoms with Crippen molar-refractivity contribution in [3.63, 3.8) is 0 Å². The summed E-state index contributed by atoms with van der Waals surface area (Å²) < 4.78 is 13.4. The Bertz CT molecular complexity index is 727. The molecule has 1 aliphatic rings. The minimum Gasteiger partial charge on any atom is -0.350 e. The molecule has 0 spiro atoms. The van der Waals surface area contributed by atoms with Crippen LogP contribution in [-0.2, 0) is 9.47 Å². The molecule has 1 fully saturated rings. The van der Waals surface area contributed by atoms with Crippen molar-refractivity contribution < 1.29 is 9.47 Å². The minimum absolute atomic E-state index is 0.314. The SMILES string of the molecule is CCCCC/C=C\C/C=C\CCCCCCCCC1(CCCCCCCC/C=C\C/C=C\CCCCC)OCCC(CCCC(C)C)O1. The summed E-state index contributed by atoms with van der Waals surface area (Å²) >= 11 is 0. The van der Waals surface area contributed by atoms with Gasteiger partial charge in [-0.2, -0.15) is 0 Å². The third-order valence-corrected chi connectivity index (χ3v) is 10.0. The summed E-state index contributed by atoms with van der Waals surface area (Å²) in [6.45, 7) is 10.1. The lowest BCUT2D eigenvalue weighted by atomic mass is 9.96. The summed E-state index contributed by atoms with van der Waals surface area (Å²) in [5.74, 6) is 0.469. The second-order valence-electron chi connectivity index (χ2n) is 15.3. The summed E-state index contributed by atoms with van der Waals surface area (Å²) in [6.07, 6.45) is 57.5. The first-order chi connectivity index (χ1) is 23.6. The molecule has 0 aliphatic carbocycles. The molecule has 1 atom stereocenters. The third-order valence-electron chi connectivity index (χ3n) is 10.0. The first-order valence-corrected chi connectivity index (χ1v) is 21.5. The van der Waals surface area contributed by atoms with Gasteiger partial charge in [-0.15, -0.1) is 0 Å². The fraction of sp³-hybridized carbons (Fsp3) is 0.826. The summed E-state index contributed by atoms with van der Waals surface area (Å²) in [6, 6.07) is 0. The van der Waals surface area contributed by atoms with Crippen molar-refractivity contribution in [1.82, 2.24) is 0 Å². The number of hydrogen-bond acceptors (Lipinski definition) is 2. The van der Waals surface area contributed by atoms with Crippen LogP contribution in [-0.4, -0.2) is 18.5 Å². The molecule has 0 aromatic carbocycles. The zero-order chi connectivity index (χ0) is 34.6. The van der Waals surface area contributed by atoms with Crippen LogP contribution in [0.3, 0.4) is 0 Å². The lowest BCUT2D eigenvalue weighted by molar-refractivity contribution is -0.301. The predicted molar refractivity (Wildman–Crippen MR) is 215 cm³/mol. The lowest BCUT2D eigenvalue weighted by Gasteiger charge is -2.42. The smallest absolute Gasteiger partial charge is 0.168 e. The van der Waals surface area contributed by atoms with Crippen LogP contribution >= 0.6 is 0 Å². The Kier molecular flexibility index (Phi) is 32.1. The molecule has 1 heterocycles. The zero-order valence-electron chi connectivity index (χ0n) is 33.0. The number of hydrogen-bond donors (Lipinski definition) is 0. The maximum atomic E-state index is 6.86. The number of rotatable bonds is 34. The summed E-state index contributed by atoms with van der Waals surface area (Å²) in [5.41, 5.74) is 0. The van der Waals surface area contributed by atoms with E-state index in [0.717, 1.165) is 44.6 Å². The van der Waals surface area contributed by atoms with Gasteiger partial charge in [0.1, 0.15) is 0 Å². The highest BCUT2D eigenvalue weighted by Crippen LogP contribution is 2.35. The first kappa shape index (κ1) is 44.9. The maximum Gasteiger partial charge on any atom is 0.168 e. The van der Waals surface area contributed by atoms with Gasteiger partial charge in [0.05, 0.1) is 12.7 Å². The first-order valence-electron chi connectivity index (χ1n) is 21.5. The Morgan fingerprint density at radius 3 is 1.38 bits per heavy atom. The van der Waals surface area contributed by atoms with E-state index in [1.165, 1.54) is 161 Å². The van der Waals surface area contributed by atoms with E-state index in [1.807, 2.05) is 0 Å². The van der Waals surface area contributed by atoms with E-state index in [-0.39, 0.29) is 5.79 Å². The van der Waals surface area contributed by atoms with Gasteiger partial charge >= 0.3 is 0 Å². The normalized spacial score (nSPS) is 17.0. The largest absolute Gasteiger partial charge is 0.350 e. The summed E-state index contributed by atoms with van der Waals surface area (Å²) in [5, 5.41) is 0. The van der Waals surface area contributed by atoms with Crippen molar-refractivity contribution in [1.29, 1.82) is 0 Å². The Balaban J connectivity index is 2.25. The summed E-state index contributed by atoms with van der Waals surface area (Å²) in [4.78, 5) is 0. The minimum atomic E-state index is -0.314. The van der Waals surface area contributed by atoms with Gasteiger partial charge < -0.3 is 9.47 Å². The molecule has 0 amide bonds. The van der Waals surface area contributed by atoms with Crippen LogP contribution in [0.25, 0.3) is 0 Å². The lowest BCUT2D eigenvalue weighted by Crippen LogP contribution is -2.44. The maximum absolute atomic E-state index is 6.86. The molecule has 0 N–H and O–H groups in total. The van der Waals surface area contributed by atoms with Gasteiger partial charge in [-0.1, -0.05) is 166 Å². The quantitative estimate of drug-likeness (QED) is 0.0502. The van der Waals surface area contributed by atoms with Crippen molar-refractivity contribution in [2.75, 3.05) is 6.61 Å². The average molecular weight is 669 g/mol. The second kappa shape index (κ2) is 34.3. The highest BCUT2D eigenvalue weighted by molar-refractivity contribution is 4.93. The molecule has 0 saturated carbocycles. The van der Waals surface area contributed by atoms with Gasteiger partial charge in [-0.25, -0.2) is 0 Å². The zero-order valence-corrected chi connectivity index (χ0v) is 33.0. The van der Waals surface area contributed by atoms with Crippen molar-refractivity contribution in [2.45, 2.75) is 232 Å². The van der Waals surface area contributed by atoms with Gasteiger partial charge in [0.25, 0.3) is 0 Å².